The SMILES string of the molecule is C=C(CC)CC(CC(C)C(C)(C)C)NCCC. The molecule has 0 aliphatic carbocycles. The molecular weight excluding hydrogens is 206 g/mol. The maximum atomic E-state index is 4.15. The van der Waals surface area contributed by atoms with E-state index in [0.717, 1.165) is 25.3 Å². The zero-order chi connectivity index (χ0) is 13.5. The number of nitrogens with one attached hydrogen (secondary N) is 1. The van der Waals surface area contributed by atoms with Gasteiger partial charge in [0.2, 0.25) is 0 Å². The first-order chi connectivity index (χ1) is 7.81. The Labute approximate surface area is 109 Å². The van der Waals surface area contributed by atoms with Crippen molar-refractivity contribution in [2.75, 3.05) is 6.54 Å². The zero-order valence-electron chi connectivity index (χ0n) is 12.9. The molecule has 1 heteroatoms. The maximum Gasteiger partial charge on any atom is 0.0107 e. The first-order valence-electron chi connectivity index (χ1n) is 7.21. The lowest BCUT2D eigenvalue weighted by Gasteiger charge is -2.31. The number of hydrogen-bond donors (Lipinski definition) is 1. The van der Waals surface area contributed by atoms with Crippen molar-refractivity contribution in [3.05, 3.63) is 12.2 Å². The highest BCUT2D eigenvalue weighted by Gasteiger charge is 2.23. The molecule has 0 saturated carbocycles. The summed E-state index contributed by atoms with van der Waals surface area (Å²) in [6.07, 6.45) is 4.70. The van der Waals surface area contributed by atoms with Crippen molar-refractivity contribution in [1.29, 1.82) is 0 Å². The van der Waals surface area contributed by atoms with Crippen LogP contribution in [0.2, 0.25) is 0 Å². The zero-order valence-corrected chi connectivity index (χ0v) is 12.9. The Morgan fingerprint density at radius 1 is 1.24 bits per heavy atom. The predicted molar refractivity (Wildman–Crippen MR) is 79.4 cm³/mol. The second-order valence-corrected chi connectivity index (χ2v) is 6.46. The van der Waals surface area contributed by atoms with Crippen LogP contribution in [0.15, 0.2) is 12.2 Å². The smallest absolute Gasteiger partial charge is 0.0107 e. The van der Waals surface area contributed by atoms with Crippen LogP contribution in [-0.2, 0) is 0 Å². The molecule has 1 N–H and O–H groups in total. The molecule has 0 aliphatic rings. The van der Waals surface area contributed by atoms with E-state index < -0.39 is 0 Å². The molecule has 0 rings (SSSR count). The summed E-state index contributed by atoms with van der Waals surface area (Å²) in [7, 11) is 0. The largest absolute Gasteiger partial charge is 0.314 e. The van der Waals surface area contributed by atoms with Gasteiger partial charge in [-0.3, -0.25) is 0 Å². The molecule has 0 radical (unpaired) electrons. The lowest BCUT2D eigenvalue weighted by Crippen LogP contribution is -2.34. The molecule has 17 heavy (non-hydrogen) atoms. The van der Waals surface area contributed by atoms with Crippen LogP contribution < -0.4 is 5.32 Å². The van der Waals surface area contributed by atoms with E-state index in [2.05, 4.69) is 53.4 Å². The summed E-state index contributed by atoms with van der Waals surface area (Å²) < 4.78 is 0. The Morgan fingerprint density at radius 3 is 2.24 bits per heavy atom. The highest BCUT2D eigenvalue weighted by molar-refractivity contribution is 4.97. The molecule has 0 bridgehead atoms. The third-order valence-electron chi connectivity index (χ3n) is 3.83. The number of rotatable bonds is 8. The van der Waals surface area contributed by atoms with Crippen LogP contribution in [0, 0.1) is 11.3 Å². The Kier molecular flexibility index (Phi) is 7.78. The van der Waals surface area contributed by atoms with Gasteiger partial charge in [-0.05, 0) is 43.6 Å². The Morgan fingerprint density at radius 2 is 1.82 bits per heavy atom. The van der Waals surface area contributed by atoms with E-state index >= 15 is 0 Å². The molecule has 0 heterocycles. The molecule has 0 aromatic rings. The Hall–Kier alpha value is -0.300. The van der Waals surface area contributed by atoms with Gasteiger partial charge in [0, 0.05) is 6.04 Å². The molecule has 2 unspecified atom stereocenters. The average molecular weight is 239 g/mol. The second-order valence-electron chi connectivity index (χ2n) is 6.46. The fourth-order valence-electron chi connectivity index (χ4n) is 1.86. The standard InChI is InChI=1S/C16H33N/c1-8-10-17-15(11-13(3)9-2)12-14(4)16(5,6)7/h14-15,17H,3,8-12H2,1-2,4-7H3. The highest BCUT2D eigenvalue weighted by atomic mass is 14.9. The summed E-state index contributed by atoms with van der Waals surface area (Å²) in [6, 6.07) is 0.608. The molecule has 0 spiro atoms. The first-order valence-corrected chi connectivity index (χ1v) is 7.21. The topological polar surface area (TPSA) is 12.0 Å². The van der Waals surface area contributed by atoms with E-state index in [9.17, 15) is 0 Å². The molecule has 0 aromatic heterocycles. The summed E-state index contributed by atoms with van der Waals surface area (Å²) in [4.78, 5) is 0. The van der Waals surface area contributed by atoms with Crippen molar-refractivity contribution >= 4 is 0 Å². The molecule has 1 nitrogen and oxygen atoms in total. The quantitative estimate of drug-likeness (QED) is 0.601. The number of hydrogen-bond acceptors (Lipinski definition) is 1. The Bertz CT molecular complexity index is 212. The minimum atomic E-state index is 0.402. The van der Waals surface area contributed by atoms with Gasteiger partial charge in [-0.25, -0.2) is 0 Å². The monoisotopic (exact) mass is 239 g/mol. The summed E-state index contributed by atoms with van der Waals surface area (Å²) >= 11 is 0. The normalized spacial score (nSPS) is 15.6. The van der Waals surface area contributed by atoms with E-state index in [4.69, 9.17) is 0 Å². The summed E-state index contributed by atoms with van der Waals surface area (Å²) in [5, 5.41) is 3.68. The maximum absolute atomic E-state index is 4.15. The molecule has 2 atom stereocenters. The Balaban J connectivity index is 4.32. The van der Waals surface area contributed by atoms with Gasteiger partial charge in [0.15, 0.2) is 0 Å². The van der Waals surface area contributed by atoms with E-state index in [1.807, 2.05) is 0 Å². The minimum absolute atomic E-state index is 0.402. The van der Waals surface area contributed by atoms with Crippen LogP contribution in [0.4, 0.5) is 0 Å². The van der Waals surface area contributed by atoms with Crippen LogP contribution in [-0.4, -0.2) is 12.6 Å². The van der Waals surface area contributed by atoms with Crippen molar-refractivity contribution in [3.63, 3.8) is 0 Å². The van der Waals surface area contributed by atoms with Gasteiger partial charge in [0.05, 0.1) is 0 Å². The summed E-state index contributed by atoms with van der Waals surface area (Å²) in [6.45, 7) is 19.1. The fraction of sp³-hybridized carbons (Fsp3) is 0.875. The summed E-state index contributed by atoms with van der Waals surface area (Å²) in [5.74, 6) is 0.738. The van der Waals surface area contributed by atoms with E-state index in [1.165, 1.54) is 18.4 Å². The van der Waals surface area contributed by atoms with Crippen molar-refractivity contribution in [2.24, 2.45) is 11.3 Å². The van der Waals surface area contributed by atoms with E-state index in [-0.39, 0.29) is 0 Å². The third kappa shape index (κ3) is 7.59. The van der Waals surface area contributed by atoms with Crippen molar-refractivity contribution in [3.8, 4) is 0 Å². The van der Waals surface area contributed by atoms with Crippen LogP contribution >= 0.6 is 0 Å². The lowest BCUT2D eigenvalue weighted by molar-refractivity contribution is 0.221. The average Bonchev–Trinajstić information content (AvgIpc) is 2.24. The third-order valence-corrected chi connectivity index (χ3v) is 3.83. The van der Waals surface area contributed by atoms with Crippen molar-refractivity contribution in [1.82, 2.24) is 5.32 Å². The van der Waals surface area contributed by atoms with Gasteiger partial charge < -0.3 is 5.32 Å². The molecular formula is C16H33N. The first kappa shape index (κ1) is 16.7. The molecule has 0 aliphatic heterocycles. The van der Waals surface area contributed by atoms with Crippen LogP contribution in [0.5, 0.6) is 0 Å². The van der Waals surface area contributed by atoms with Gasteiger partial charge in [-0.15, -0.1) is 0 Å². The van der Waals surface area contributed by atoms with Gasteiger partial charge >= 0.3 is 0 Å². The molecule has 0 fully saturated rings. The molecule has 0 aromatic carbocycles. The summed E-state index contributed by atoms with van der Waals surface area (Å²) in [5.41, 5.74) is 1.78. The molecule has 0 saturated heterocycles. The predicted octanol–water partition coefficient (Wildman–Crippen LogP) is 4.78. The lowest BCUT2D eigenvalue weighted by atomic mass is 9.77. The van der Waals surface area contributed by atoms with Crippen LogP contribution in [0.1, 0.15) is 67.2 Å². The second kappa shape index (κ2) is 7.92. The van der Waals surface area contributed by atoms with Gasteiger partial charge in [-0.2, -0.15) is 0 Å². The highest BCUT2D eigenvalue weighted by Crippen LogP contribution is 2.30. The molecule has 0 amide bonds. The van der Waals surface area contributed by atoms with Gasteiger partial charge in [0.1, 0.15) is 0 Å². The van der Waals surface area contributed by atoms with E-state index in [0.29, 0.717) is 11.5 Å². The van der Waals surface area contributed by atoms with Crippen molar-refractivity contribution < 1.29 is 0 Å². The van der Waals surface area contributed by atoms with Crippen LogP contribution in [0.25, 0.3) is 0 Å². The van der Waals surface area contributed by atoms with Crippen molar-refractivity contribution in [2.45, 2.75) is 73.3 Å². The van der Waals surface area contributed by atoms with Crippen LogP contribution in [0.3, 0.4) is 0 Å². The van der Waals surface area contributed by atoms with E-state index in [1.54, 1.807) is 0 Å². The fourth-order valence-corrected chi connectivity index (χ4v) is 1.86. The van der Waals surface area contributed by atoms with Gasteiger partial charge in [0.25, 0.3) is 0 Å². The van der Waals surface area contributed by atoms with Gasteiger partial charge in [-0.1, -0.05) is 53.7 Å². The minimum Gasteiger partial charge on any atom is -0.314 e. The molecule has 102 valence electrons.